The Morgan fingerprint density at radius 3 is 2.37 bits per heavy atom. The summed E-state index contributed by atoms with van der Waals surface area (Å²) in [5.74, 6) is -2.22. The quantitative estimate of drug-likeness (QED) is 0.769. The molecule has 0 spiro atoms. The van der Waals surface area contributed by atoms with Gasteiger partial charge >= 0.3 is 12.1 Å². The summed E-state index contributed by atoms with van der Waals surface area (Å²) in [6.45, 7) is -0.308. The summed E-state index contributed by atoms with van der Waals surface area (Å²) in [5.41, 5.74) is -1.08. The normalized spacial score (nSPS) is 13.5. The van der Waals surface area contributed by atoms with Crippen LogP contribution in [-0.4, -0.2) is 41.3 Å². The van der Waals surface area contributed by atoms with Gasteiger partial charge in [-0.25, -0.2) is 4.98 Å². The van der Waals surface area contributed by atoms with Gasteiger partial charge in [0, 0.05) is 12.6 Å². The number of alkyl halides is 3. The molecule has 1 aromatic heterocycles. The van der Waals surface area contributed by atoms with Crippen molar-refractivity contribution in [2.24, 2.45) is 0 Å². The van der Waals surface area contributed by atoms with Crippen LogP contribution in [0.4, 0.5) is 13.2 Å². The second kappa shape index (κ2) is 8.07. The van der Waals surface area contributed by atoms with Crippen LogP contribution < -0.4 is 10.1 Å². The van der Waals surface area contributed by atoms with Crippen LogP contribution in [0.5, 0.6) is 5.88 Å². The van der Waals surface area contributed by atoms with Crippen LogP contribution in [0.25, 0.3) is 0 Å². The molecule has 0 saturated carbocycles. The van der Waals surface area contributed by atoms with Gasteiger partial charge in [0.1, 0.15) is 11.1 Å². The Kier molecular flexibility index (Phi) is 6.04. The molecule has 1 unspecified atom stereocenters. The van der Waals surface area contributed by atoms with E-state index >= 15 is 0 Å². The molecule has 27 heavy (non-hydrogen) atoms. The molecule has 0 fully saturated rings. The van der Waals surface area contributed by atoms with E-state index in [0.717, 1.165) is 0 Å². The number of carbonyl (C=O) groups excluding carboxylic acids is 1. The maximum absolute atomic E-state index is 12.3. The first-order valence-corrected chi connectivity index (χ1v) is 7.85. The third-order valence-corrected chi connectivity index (χ3v) is 3.83. The number of pyridine rings is 1. The molecule has 0 radical (unpaired) electrons. The summed E-state index contributed by atoms with van der Waals surface area (Å²) in [6, 6.07) is 12.2. The molecule has 0 aliphatic carbocycles. The Morgan fingerprint density at radius 2 is 1.78 bits per heavy atom. The topological polar surface area (TPSA) is 88.5 Å². The molecular weight excluding hydrogens is 365 g/mol. The van der Waals surface area contributed by atoms with Gasteiger partial charge in [-0.3, -0.25) is 9.59 Å². The summed E-state index contributed by atoms with van der Waals surface area (Å²) in [6.07, 6.45) is -4.53. The van der Waals surface area contributed by atoms with Crippen molar-refractivity contribution in [1.29, 1.82) is 0 Å². The van der Waals surface area contributed by atoms with Crippen LogP contribution in [0.15, 0.2) is 48.5 Å². The van der Waals surface area contributed by atoms with E-state index in [1.54, 1.807) is 30.3 Å². The number of nitrogens with one attached hydrogen (secondary N) is 1. The Morgan fingerprint density at radius 1 is 1.11 bits per heavy atom. The second-order valence-electron chi connectivity index (χ2n) is 5.95. The monoisotopic (exact) mass is 382 g/mol. The standard InChI is InChI=1S/C18H17F3N2O4/c1-17(16(25)26,12-6-3-2-4-7-12)10-22-15(24)13-8-5-9-14(23-13)27-11-18(19,20)21/h2-9H,10-11H2,1H3,(H,22,24)(H,25,26). The zero-order chi connectivity index (χ0) is 20.1. The fraction of sp³-hybridized carbons (Fsp3) is 0.278. The SMILES string of the molecule is CC(CNC(=O)c1cccc(OCC(F)(F)F)n1)(C(=O)O)c1ccccc1. The van der Waals surface area contributed by atoms with E-state index < -0.39 is 30.1 Å². The average molecular weight is 382 g/mol. The van der Waals surface area contributed by atoms with E-state index in [1.807, 2.05) is 0 Å². The first-order valence-electron chi connectivity index (χ1n) is 7.85. The number of rotatable bonds is 7. The lowest BCUT2D eigenvalue weighted by Crippen LogP contribution is -2.44. The van der Waals surface area contributed by atoms with Crippen molar-refractivity contribution in [3.8, 4) is 5.88 Å². The highest BCUT2D eigenvalue weighted by atomic mass is 19.4. The lowest BCUT2D eigenvalue weighted by molar-refractivity contribution is -0.154. The van der Waals surface area contributed by atoms with Gasteiger partial charge in [-0.2, -0.15) is 13.2 Å². The lowest BCUT2D eigenvalue weighted by atomic mass is 9.82. The van der Waals surface area contributed by atoms with Crippen LogP contribution in [0.1, 0.15) is 23.0 Å². The van der Waals surface area contributed by atoms with Crippen LogP contribution in [0, 0.1) is 0 Å². The number of aliphatic carboxylic acids is 1. The summed E-state index contributed by atoms with van der Waals surface area (Å²) < 4.78 is 41.1. The molecule has 0 saturated heterocycles. The van der Waals surface area contributed by atoms with Crippen LogP contribution >= 0.6 is 0 Å². The minimum atomic E-state index is -4.53. The van der Waals surface area contributed by atoms with Crippen molar-refractivity contribution < 1.29 is 32.6 Å². The first-order chi connectivity index (χ1) is 12.6. The molecule has 0 aliphatic rings. The molecular formula is C18H17F3N2O4. The number of ether oxygens (including phenoxy) is 1. The minimum Gasteiger partial charge on any atom is -0.481 e. The highest BCUT2D eigenvalue weighted by Gasteiger charge is 2.35. The molecule has 1 amide bonds. The maximum atomic E-state index is 12.3. The summed E-state index contributed by atoms with van der Waals surface area (Å²) in [7, 11) is 0. The maximum Gasteiger partial charge on any atom is 0.422 e. The first kappa shape index (κ1) is 20.2. The minimum absolute atomic E-state index is 0.185. The highest BCUT2D eigenvalue weighted by Crippen LogP contribution is 2.23. The summed E-state index contributed by atoms with van der Waals surface area (Å²) in [4.78, 5) is 27.7. The van der Waals surface area contributed by atoms with Gasteiger partial charge < -0.3 is 15.2 Å². The van der Waals surface area contributed by atoms with E-state index in [4.69, 9.17) is 0 Å². The lowest BCUT2D eigenvalue weighted by Gasteiger charge is -2.25. The van der Waals surface area contributed by atoms with Crippen molar-refractivity contribution in [2.45, 2.75) is 18.5 Å². The summed E-state index contributed by atoms with van der Waals surface area (Å²) >= 11 is 0. The van der Waals surface area contributed by atoms with E-state index in [-0.39, 0.29) is 18.1 Å². The molecule has 6 nitrogen and oxygen atoms in total. The van der Waals surface area contributed by atoms with E-state index in [1.165, 1.54) is 25.1 Å². The fourth-order valence-electron chi connectivity index (χ4n) is 2.23. The molecule has 144 valence electrons. The fourth-order valence-corrected chi connectivity index (χ4v) is 2.23. The molecule has 2 N–H and O–H groups in total. The number of halogens is 3. The van der Waals surface area contributed by atoms with Crippen molar-refractivity contribution in [3.05, 3.63) is 59.8 Å². The zero-order valence-corrected chi connectivity index (χ0v) is 14.3. The van der Waals surface area contributed by atoms with Crippen molar-refractivity contribution in [3.63, 3.8) is 0 Å². The van der Waals surface area contributed by atoms with Gasteiger partial charge in [0.2, 0.25) is 5.88 Å². The van der Waals surface area contributed by atoms with Gasteiger partial charge in [-0.15, -0.1) is 0 Å². The third-order valence-electron chi connectivity index (χ3n) is 3.83. The number of benzene rings is 1. The number of carbonyl (C=O) groups is 2. The largest absolute Gasteiger partial charge is 0.481 e. The van der Waals surface area contributed by atoms with E-state index in [9.17, 15) is 27.9 Å². The number of hydrogen-bond donors (Lipinski definition) is 2. The van der Waals surface area contributed by atoms with E-state index in [2.05, 4.69) is 15.0 Å². The van der Waals surface area contributed by atoms with Gasteiger partial charge in [0.25, 0.3) is 5.91 Å². The number of aromatic nitrogens is 1. The number of hydrogen-bond acceptors (Lipinski definition) is 4. The zero-order valence-electron chi connectivity index (χ0n) is 14.3. The van der Waals surface area contributed by atoms with Gasteiger partial charge in [-0.05, 0) is 18.6 Å². The third kappa shape index (κ3) is 5.44. The highest BCUT2D eigenvalue weighted by molar-refractivity contribution is 5.93. The number of amides is 1. The summed E-state index contributed by atoms with van der Waals surface area (Å²) in [5, 5.41) is 12.0. The van der Waals surface area contributed by atoms with Crippen LogP contribution in [0.2, 0.25) is 0 Å². The second-order valence-corrected chi connectivity index (χ2v) is 5.95. The molecule has 9 heteroatoms. The predicted molar refractivity (Wildman–Crippen MR) is 89.6 cm³/mol. The molecule has 0 bridgehead atoms. The molecule has 1 aromatic carbocycles. The molecule has 1 heterocycles. The Labute approximate surface area is 153 Å². The smallest absolute Gasteiger partial charge is 0.422 e. The number of nitrogens with zero attached hydrogens (tertiary/aromatic N) is 1. The molecule has 1 atom stereocenters. The number of carboxylic acids is 1. The number of carboxylic acid groups (broad SMARTS) is 1. The van der Waals surface area contributed by atoms with Gasteiger partial charge in [-0.1, -0.05) is 36.4 Å². The van der Waals surface area contributed by atoms with Gasteiger partial charge in [0.15, 0.2) is 6.61 Å². The van der Waals surface area contributed by atoms with Crippen LogP contribution in [-0.2, 0) is 10.2 Å². The van der Waals surface area contributed by atoms with Crippen molar-refractivity contribution in [1.82, 2.24) is 10.3 Å². The molecule has 2 aromatic rings. The molecule has 2 rings (SSSR count). The van der Waals surface area contributed by atoms with Crippen molar-refractivity contribution >= 4 is 11.9 Å². The molecule has 0 aliphatic heterocycles. The average Bonchev–Trinajstić information content (AvgIpc) is 2.64. The van der Waals surface area contributed by atoms with Gasteiger partial charge in [0.05, 0.1) is 0 Å². The Hall–Kier alpha value is -3.10. The predicted octanol–water partition coefficient (Wildman–Crippen LogP) is 2.80. The van der Waals surface area contributed by atoms with Crippen LogP contribution in [0.3, 0.4) is 0 Å². The Bertz CT molecular complexity index is 812. The van der Waals surface area contributed by atoms with E-state index in [0.29, 0.717) is 5.56 Å². The Balaban J connectivity index is 2.09. The van der Waals surface area contributed by atoms with Crippen molar-refractivity contribution in [2.75, 3.05) is 13.2 Å².